The van der Waals surface area contributed by atoms with Crippen molar-refractivity contribution >= 4 is 17.5 Å². The number of aryl methyl sites for hydroxylation is 1. The Morgan fingerprint density at radius 2 is 1.61 bits per heavy atom. The molecule has 0 bridgehead atoms. The normalized spacial score (nSPS) is 14.2. The van der Waals surface area contributed by atoms with Gasteiger partial charge in [-0.3, -0.25) is 14.4 Å². The highest BCUT2D eigenvalue weighted by atomic mass is 16.7. The van der Waals surface area contributed by atoms with Crippen molar-refractivity contribution in [3.63, 3.8) is 0 Å². The van der Waals surface area contributed by atoms with Crippen LogP contribution in [0.3, 0.4) is 0 Å². The van der Waals surface area contributed by atoms with Crippen molar-refractivity contribution in [1.29, 1.82) is 0 Å². The van der Waals surface area contributed by atoms with Crippen molar-refractivity contribution in [3.8, 4) is 5.75 Å². The lowest BCUT2D eigenvalue weighted by atomic mass is 10.0. The van der Waals surface area contributed by atoms with Gasteiger partial charge in [-0.25, -0.2) is 5.48 Å². The molecule has 0 aromatic heterocycles. The summed E-state index contributed by atoms with van der Waals surface area (Å²) in [6.07, 6.45) is -5.21. The molecule has 2 amide bonds. The van der Waals surface area contributed by atoms with Crippen LogP contribution >= 0.6 is 0 Å². The fourth-order valence-electron chi connectivity index (χ4n) is 3.81. The number of hydrogen-bond acceptors (Lipinski definition) is 9. The average Bonchev–Trinajstić information content (AvgIpc) is 2.91. The molecule has 38 heavy (non-hydrogen) atoms. The number of hydroxylamine groups is 1. The van der Waals surface area contributed by atoms with Crippen LogP contribution in [-0.2, 0) is 4.84 Å². The highest BCUT2D eigenvalue weighted by molar-refractivity contribution is 5.99. The van der Waals surface area contributed by atoms with Gasteiger partial charge in [-0.1, -0.05) is 19.9 Å². The summed E-state index contributed by atoms with van der Waals surface area (Å²) in [5, 5.41) is 43.5. The molecule has 4 atom stereocenters. The number of aliphatic hydroxyl groups excluding tert-OH is 4. The van der Waals surface area contributed by atoms with Gasteiger partial charge in [0.2, 0.25) is 0 Å². The number of anilines is 1. The van der Waals surface area contributed by atoms with Crippen molar-refractivity contribution in [2.45, 2.75) is 58.2 Å². The Bertz CT molecular complexity index is 1040. The molecule has 0 radical (unpaired) electrons. The van der Waals surface area contributed by atoms with Crippen LogP contribution in [-0.4, -0.2) is 88.5 Å². The van der Waals surface area contributed by atoms with E-state index < -0.39 is 37.1 Å². The van der Waals surface area contributed by atoms with Crippen LogP contribution in [0.2, 0.25) is 0 Å². The molecule has 2 aromatic carbocycles. The van der Waals surface area contributed by atoms with E-state index in [2.05, 4.69) is 10.8 Å². The zero-order valence-electron chi connectivity index (χ0n) is 22.3. The number of rotatable bonds is 15. The van der Waals surface area contributed by atoms with Gasteiger partial charge < -0.3 is 35.4 Å². The quantitative estimate of drug-likeness (QED) is 0.147. The first-order valence-electron chi connectivity index (χ1n) is 12.6. The first-order chi connectivity index (χ1) is 18.1. The van der Waals surface area contributed by atoms with Crippen LogP contribution in [0.5, 0.6) is 5.75 Å². The van der Waals surface area contributed by atoms with Gasteiger partial charge in [0.05, 0.1) is 7.11 Å². The van der Waals surface area contributed by atoms with Gasteiger partial charge in [-0.15, -0.1) is 0 Å². The average molecular weight is 534 g/mol. The molecule has 0 aliphatic heterocycles. The SMILES string of the molecule is CCCN(CCC)C(=O)c1cc(C)cc(C(=O)NOC[C@H](O)[C@@H](O)[C@H](O)C(O)Nc2cccc(OC)c2)c1. The number of amides is 2. The van der Waals surface area contributed by atoms with E-state index in [0.29, 0.717) is 35.7 Å². The van der Waals surface area contributed by atoms with Crippen molar-refractivity contribution in [3.05, 3.63) is 59.2 Å². The number of nitrogens with zero attached hydrogens (tertiary/aromatic N) is 1. The minimum absolute atomic E-state index is 0.166. The molecular weight excluding hydrogens is 494 g/mol. The number of aliphatic hydroxyl groups is 4. The molecule has 0 spiro atoms. The molecule has 2 aromatic rings. The monoisotopic (exact) mass is 533 g/mol. The second kappa shape index (κ2) is 15.3. The van der Waals surface area contributed by atoms with E-state index in [1.165, 1.54) is 13.2 Å². The van der Waals surface area contributed by atoms with Crippen LogP contribution in [0.15, 0.2) is 42.5 Å². The third-order valence-electron chi connectivity index (χ3n) is 5.73. The Morgan fingerprint density at radius 3 is 2.24 bits per heavy atom. The van der Waals surface area contributed by atoms with E-state index in [1.807, 2.05) is 13.8 Å². The molecule has 1 unspecified atom stereocenters. The Labute approximate surface area is 223 Å². The maximum Gasteiger partial charge on any atom is 0.274 e. The Kier molecular flexibility index (Phi) is 12.4. The number of methoxy groups -OCH3 is 1. The second-order valence-electron chi connectivity index (χ2n) is 8.99. The molecule has 11 heteroatoms. The highest BCUT2D eigenvalue weighted by Gasteiger charge is 2.31. The Morgan fingerprint density at radius 1 is 0.947 bits per heavy atom. The van der Waals surface area contributed by atoms with E-state index >= 15 is 0 Å². The highest BCUT2D eigenvalue weighted by Crippen LogP contribution is 2.19. The van der Waals surface area contributed by atoms with Crippen LogP contribution < -0.4 is 15.5 Å². The molecule has 0 heterocycles. The van der Waals surface area contributed by atoms with Gasteiger partial charge in [0.1, 0.15) is 30.7 Å². The lowest BCUT2D eigenvalue weighted by molar-refractivity contribution is -0.122. The summed E-state index contributed by atoms with van der Waals surface area (Å²) in [5.74, 6) is -0.297. The summed E-state index contributed by atoms with van der Waals surface area (Å²) >= 11 is 0. The molecule has 11 nitrogen and oxygen atoms in total. The summed E-state index contributed by atoms with van der Waals surface area (Å²) in [6, 6.07) is 11.3. The number of ether oxygens (including phenoxy) is 1. The molecule has 0 saturated heterocycles. The number of benzene rings is 2. The van der Waals surface area contributed by atoms with E-state index in [0.717, 1.165) is 12.8 Å². The molecule has 0 aliphatic carbocycles. The number of carbonyl (C=O) groups excluding carboxylic acids is 2. The third-order valence-corrected chi connectivity index (χ3v) is 5.73. The molecule has 0 aliphatic rings. The number of carbonyl (C=O) groups is 2. The van der Waals surface area contributed by atoms with Gasteiger partial charge >= 0.3 is 0 Å². The van der Waals surface area contributed by atoms with Gasteiger partial charge in [0.25, 0.3) is 11.8 Å². The first kappa shape index (κ1) is 31.0. The predicted molar refractivity (Wildman–Crippen MR) is 142 cm³/mol. The van der Waals surface area contributed by atoms with E-state index in [4.69, 9.17) is 9.57 Å². The van der Waals surface area contributed by atoms with Gasteiger partial charge in [-0.05, 0) is 55.7 Å². The van der Waals surface area contributed by atoms with Gasteiger partial charge in [-0.2, -0.15) is 0 Å². The summed E-state index contributed by atoms with van der Waals surface area (Å²) in [4.78, 5) is 32.4. The molecule has 0 saturated carbocycles. The van der Waals surface area contributed by atoms with Crippen LogP contribution in [0, 0.1) is 6.92 Å². The Hall–Kier alpha value is -3.22. The molecule has 210 valence electrons. The predicted octanol–water partition coefficient (Wildman–Crippen LogP) is 1.44. The standard InChI is InChI=1S/C27H39N3O8/c1-5-10-30(11-6-2)27(36)19-13-17(3)12-18(14-19)25(34)29-38-16-22(31)23(32)24(33)26(35)28-20-8-7-9-21(15-20)37-4/h7-9,12-15,22-24,26,28,31-33,35H,5-6,10-11,16H2,1-4H3,(H,29,34)/t22-,23+,24-,26?/m0/s1. The Balaban J connectivity index is 1.93. The maximum absolute atomic E-state index is 12.9. The van der Waals surface area contributed by atoms with Crippen LogP contribution in [0.1, 0.15) is 53.0 Å². The molecule has 0 fully saturated rings. The van der Waals surface area contributed by atoms with E-state index in [1.54, 1.807) is 48.2 Å². The van der Waals surface area contributed by atoms with Crippen molar-refractivity contribution in [1.82, 2.24) is 10.4 Å². The zero-order chi connectivity index (χ0) is 28.2. The molecule has 6 N–H and O–H groups in total. The number of hydrogen-bond donors (Lipinski definition) is 6. The lowest BCUT2D eigenvalue weighted by Gasteiger charge is -2.27. The smallest absolute Gasteiger partial charge is 0.274 e. The summed E-state index contributed by atoms with van der Waals surface area (Å²) in [6.45, 7) is 6.40. The fourth-order valence-corrected chi connectivity index (χ4v) is 3.81. The largest absolute Gasteiger partial charge is 0.497 e. The van der Waals surface area contributed by atoms with Crippen LogP contribution in [0.25, 0.3) is 0 Å². The summed E-state index contributed by atoms with van der Waals surface area (Å²) < 4.78 is 5.09. The van der Waals surface area contributed by atoms with Crippen molar-refractivity contribution in [2.24, 2.45) is 0 Å². The first-order valence-corrected chi connectivity index (χ1v) is 12.6. The zero-order valence-corrected chi connectivity index (χ0v) is 22.3. The van der Waals surface area contributed by atoms with Crippen molar-refractivity contribution in [2.75, 3.05) is 32.1 Å². The van der Waals surface area contributed by atoms with E-state index in [9.17, 15) is 30.0 Å². The summed E-state index contributed by atoms with van der Waals surface area (Å²) in [7, 11) is 1.48. The molecular formula is C27H39N3O8. The van der Waals surface area contributed by atoms with Crippen molar-refractivity contribution < 1.29 is 39.6 Å². The lowest BCUT2D eigenvalue weighted by Crippen LogP contribution is -2.49. The van der Waals surface area contributed by atoms with E-state index in [-0.39, 0.29) is 11.5 Å². The summed E-state index contributed by atoms with van der Waals surface area (Å²) in [5.41, 5.74) is 3.88. The molecule has 2 rings (SSSR count). The fraction of sp³-hybridized carbons (Fsp3) is 0.481. The third kappa shape index (κ3) is 8.96. The minimum atomic E-state index is -1.80. The van der Waals surface area contributed by atoms with Crippen LogP contribution in [0.4, 0.5) is 5.69 Å². The second-order valence-corrected chi connectivity index (χ2v) is 8.99. The number of nitrogens with one attached hydrogen (secondary N) is 2. The maximum atomic E-state index is 12.9. The van der Waals surface area contributed by atoms with Gasteiger partial charge in [0, 0.05) is 36.0 Å². The topological polar surface area (TPSA) is 161 Å². The minimum Gasteiger partial charge on any atom is -0.497 e. The van der Waals surface area contributed by atoms with Gasteiger partial charge in [0.15, 0.2) is 6.23 Å².